The summed E-state index contributed by atoms with van der Waals surface area (Å²) in [5.74, 6) is 0.810. The molecule has 8 heteroatoms. The molecular weight excluding hydrogens is 412 g/mol. The van der Waals surface area contributed by atoms with Crippen molar-refractivity contribution in [1.29, 1.82) is 0 Å². The number of nitrogens with one attached hydrogen (secondary N) is 1. The van der Waals surface area contributed by atoms with Crippen molar-refractivity contribution in [2.45, 2.75) is 6.92 Å². The molecule has 27 heavy (non-hydrogen) atoms. The lowest BCUT2D eigenvalue weighted by molar-refractivity contribution is 0.0526. The Morgan fingerprint density at radius 3 is 2.70 bits per heavy atom. The van der Waals surface area contributed by atoms with Crippen LogP contribution in [-0.2, 0) is 4.74 Å². The van der Waals surface area contributed by atoms with Gasteiger partial charge in [-0.3, -0.25) is 0 Å². The number of carbonyl (C=O) groups excluding carboxylic acids is 1. The fourth-order valence-electron chi connectivity index (χ4n) is 2.25. The molecule has 7 nitrogen and oxygen atoms in total. The van der Waals surface area contributed by atoms with E-state index in [1.54, 1.807) is 43.3 Å². The van der Waals surface area contributed by atoms with Gasteiger partial charge >= 0.3 is 5.97 Å². The van der Waals surface area contributed by atoms with Crippen LogP contribution in [0.2, 0.25) is 0 Å². The molecule has 0 radical (unpaired) electrons. The van der Waals surface area contributed by atoms with E-state index >= 15 is 0 Å². The lowest BCUT2D eigenvalue weighted by Crippen LogP contribution is -2.06. The predicted octanol–water partition coefficient (Wildman–Crippen LogP) is 4.53. The molecule has 0 atom stereocenters. The molecule has 0 bridgehead atoms. The molecule has 0 aliphatic carbocycles. The number of benzene rings is 2. The number of nitrogens with two attached hydrogens (primary N) is 1. The highest BCUT2D eigenvalue weighted by molar-refractivity contribution is 9.10. The topological polar surface area (TPSA) is 99.4 Å². The summed E-state index contributed by atoms with van der Waals surface area (Å²) < 4.78 is 11.7. The second-order valence-electron chi connectivity index (χ2n) is 5.42. The second kappa shape index (κ2) is 8.50. The molecule has 138 valence electrons. The van der Waals surface area contributed by atoms with Gasteiger partial charge in [0.1, 0.15) is 17.8 Å². The van der Waals surface area contributed by atoms with Gasteiger partial charge in [0.15, 0.2) is 5.82 Å². The third-order valence-electron chi connectivity index (χ3n) is 3.51. The van der Waals surface area contributed by atoms with Crippen LogP contribution in [-0.4, -0.2) is 22.5 Å². The van der Waals surface area contributed by atoms with Crippen LogP contribution in [0.15, 0.2) is 59.3 Å². The minimum Gasteiger partial charge on any atom is -0.462 e. The van der Waals surface area contributed by atoms with Gasteiger partial charge < -0.3 is 20.5 Å². The molecular formula is C19H17BrN4O3. The van der Waals surface area contributed by atoms with Crippen molar-refractivity contribution in [3.8, 4) is 11.6 Å². The van der Waals surface area contributed by atoms with Crippen molar-refractivity contribution >= 4 is 39.1 Å². The van der Waals surface area contributed by atoms with Crippen LogP contribution < -0.4 is 15.8 Å². The van der Waals surface area contributed by atoms with Gasteiger partial charge in [0.2, 0.25) is 5.88 Å². The van der Waals surface area contributed by atoms with Gasteiger partial charge in [0.25, 0.3) is 0 Å². The maximum Gasteiger partial charge on any atom is 0.338 e. The fourth-order valence-corrected chi connectivity index (χ4v) is 2.51. The quantitative estimate of drug-likeness (QED) is 0.556. The summed E-state index contributed by atoms with van der Waals surface area (Å²) in [6.45, 7) is 2.07. The minimum atomic E-state index is -0.393. The van der Waals surface area contributed by atoms with Crippen LogP contribution >= 0.6 is 15.9 Å². The standard InChI is InChI=1S/C19H17BrN4O3/c1-2-26-19(25)12-4-3-5-14(10-12)24-17-16(21)18(23-11-22-17)27-15-8-6-13(20)7-9-15/h3-11H,2,21H2,1H3,(H,22,23,24). The smallest absolute Gasteiger partial charge is 0.338 e. The molecule has 0 aliphatic heterocycles. The molecule has 0 amide bonds. The Morgan fingerprint density at radius 2 is 1.96 bits per heavy atom. The first kappa shape index (κ1) is 18.7. The number of nitrogen functional groups attached to an aromatic ring is 1. The number of rotatable bonds is 6. The molecule has 0 aliphatic rings. The van der Waals surface area contributed by atoms with Crippen molar-refractivity contribution in [3.05, 3.63) is 64.9 Å². The molecule has 0 saturated heterocycles. The molecule has 1 heterocycles. The van der Waals surface area contributed by atoms with E-state index in [9.17, 15) is 4.79 Å². The third-order valence-corrected chi connectivity index (χ3v) is 4.04. The van der Waals surface area contributed by atoms with Crippen molar-refractivity contribution in [1.82, 2.24) is 9.97 Å². The number of halogens is 1. The Bertz CT molecular complexity index is 948. The first-order valence-corrected chi connectivity index (χ1v) is 8.94. The third kappa shape index (κ3) is 4.73. The van der Waals surface area contributed by atoms with Crippen molar-refractivity contribution in [3.63, 3.8) is 0 Å². The van der Waals surface area contributed by atoms with Crippen molar-refractivity contribution in [2.24, 2.45) is 0 Å². The molecule has 1 aromatic heterocycles. The Kier molecular flexibility index (Phi) is 5.87. The molecule has 3 aromatic rings. The summed E-state index contributed by atoms with van der Waals surface area (Å²) in [4.78, 5) is 20.1. The Labute approximate surface area is 164 Å². The zero-order valence-electron chi connectivity index (χ0n) is 14.5. The minimum absolute atomic E-state index is 0.233. The molecule has 2 aromatic carbocycles. The first-order valence-electron chi connectivity index (χ1n) is 8.15. The number of nitrogens with zero attached hydrogens (tertiary/aromatic N) is 2. The van der Waals surface area contributed by atoms with Gasteiger partial charge in [-0.2, -0.15) is 4.98 Å². The number of hydrogen-bond donors (Lipinski definition) is 2. The van der Waals surface area contributed by atoms with Crippen LogP contribution in [0, 0.1) is 0 Å². The lowest BCUT2D eigenvalue weighted by Gasteiger charge is -2.12. The second-order valence-corrected chi connectivity index (χ2v) is 6.34. The zero-order chi connectivity index (χ0) is 19.2. The van der Waals surface area contributed by atoms with Crippen LogP contribution in [0.4, 0.5) is 17.2 Å². The van der Waals surface area contributed by atoms with Gasteiger partial charge in [-0.15, -0.1) is 0 Å². The number of hydrogen-bond acceptors (Lipinski definition) is 7. The van der Waals surface area contributed by atoms with Crippen LogP contribution in [0.5, 0.6) is 11.6 Å². The normalized spacial score (nSPS) is 10.3. The average Bonchev–Trinajstić information content (AvgIpc) is 2.67. The van der Waals surface area contributed by atoms with Gasteiger partial charge in [-0.05, 0) is 49.4 Å². The molecule has 0 saturated carbocycles. The number of esters is 1. The highest BCUT2D eigenvalue weighted by atomic mass is 79.9. The monoisotopic (exact) mass is 428 g/mol. The summed E-state index contributed by atoms with van der Waals surface area (Å²) in [6.07, 6.45) is 1.35. The Balaban J connectivity index is 1.81. The van der Waals surface area contributed by atoms with E-state index in [2.05, 4.69) is 31.2 Å². The average molecular weight is 429 g/mol. The molecule has 0 spiro atoms. The van der Waals surface area contributed by atoms with E-state index in [1.807, 2.05) is 12.1 Å². The van der Waals surface area contributed by atoms with Crippen molar-refractivity contribution < 1.29 is 14.3 Å². The highest BCUT2D eigenvalue weighted by Crippen LogP contribution is 2.31. The summed E-state index contributed by atoms with van der Waals surface area (Å²) in [6, 6.07) is 14.2. The van der Waals surface area contributed by atoms with Crippen LogP contribution in [0.3, 0.4) is 0 Å². The number of ether oxygens (including phenoxy) is 2. The van der Waals surface area contributed by atoms with Gasteiger partial charge in [-0.1, -0.05) is 22.0 Å². The number of anilines is 3. The van der Waals surface area contributed by atoms with Gasteiger partial charge in [0, 0.05) is 10.2 Å². The van der Waals surface area contributed by atoms with Crippen LogP contribution in [0.25, 0.3) is 0 Å². The number of aromatic nitrogens is 2. The largest absolute Gasteiger partial charge is 0.462 e. The fraction of sp³-hybridized carbons (Fsp3) is 0.105. The molecule has 3 N–H and O–H groups in total. The van der Waals surface area contributed by atoms with E-state index in [0.29, 0.717) is 29.4 Å². The van der Waals surface area contributed by atoms with E-state index in [0.717, 1.165) is 4.47 Å². The molecule has 3 rings (SSSR count). The SMILES string of the molecule is CCOC(=O)c1cccc(Nc2ncnc(Oc3ccc(Br)cc3)c2N)c1. The maximum absolute atomic E-state index is 11.9. The zero-order valence-corrected chi connectivity index (χ0v) is 16.1. The van der Waals surface area contributed by atoms with E-state index in [-0.39, 0.29) is 11.6 Å². The summed E-state index contributed by atoms with van der Waals surface area (Å²) >= 11 is 3.37. The number of carbonyl (C=O) groups is 1. The lowest BCUT2D eigenvalue weighted by atomic mass is 10.2. The van der Waals surface area contributed by atoms with Gasteiger partial charge in [0.05, 0.1) is 12.2 Å². The van der Waals surface area contributed by atoms with Gasteiger partial charge in [-0.25, -0.2) is 9.78 Å². The molecule has 0 unspecified atom stereocenters. The summed E-state index contributed by atoms with van der Waals surface area (Å²) in [5.41, 5.74) is 7.46. The summed E-state index contributed by atoms with van der Waals surface area (Å²) in [7, 11) is 0. The molecule has 0 fully saturated rings. The first-order chi connectivity index (χ1) is 13.1. The van der Waals surface area contributed by atoms with E-state index in [4.69, 9.17) is 15.2 Å². The Hall–Kier alpha value is -3.13. The van der Waals surface area contributed by atoms with Crippen LogP contribution in [0.1, 0.15) is 17.3 Å². The maximum atomic E-state index is 11.9. The predicted molar refractivity (Wildman–Crippen MR) is 106 cm³/mol. The van der Waals surface area contributed by atoms with E-state index < -0.39 is 5.97 Å². The Morgan fingerprint density at radius 1 is 1.19 bits per heavy atom. The van der Waals surface area contributed by atoms with Crippen molar-refractivity contribution in [2.75, 3.05) is 17.7 Å². The summed E-state index contributed by atoms with van der Waals surface area (Å²) in [5, 5.41) is 3.07. The van der Waals surface area contributed by atoms with E-state index in [1.165, 1.54) is 6.33 Å². The highest BCUT2D eigenvalue weighted by Gasteiger charge is 2.12.